The standard InChI is InChI=1S/C12H25O2/c1-8-10(11(4,5)13)14-12(6,7)9(2)3/h9-10H,8H2,1-7H3. The SMILES string of the molecule is CCC(OC(C)(C)C(C)C)C(C)(C)[O]. The molecule has 0 spiro atoms. The molecule has 2 heteroatoms. The van der Waals surface area contributed by atoms with Crippen molar-refractivity contribution in [3.8, 4) is 0 Å². The summed E-state index contributed by atoms with van der Waals surface area (Å²) in [4.78, 5) is 0. The van der Waals surface area contributed by atoms with Crippen LogP contribution in [0.15, 0.2) is 0 Å². The molecular formula is C12H25O2. The van der Waals surface area contributed by atoms with Crippen LogP contribution in [0.2, 0.25) is 0 Å². The van der Waals surface area contributed by atoms with Gasteiger partial charge in [-0.1, -0.05) is 20.8 Å². The van der Waals surface area contributed by atoms with E-state index in [1.165, 1.54) is 0 Å². The highest BCUT2D eigenvalue weighted by Gasteiger charge is 2.34. The van der Waals surface area contributed by atoms with Crippen LogP contribution in [-0.2, 0) is 9.84 Å². The molecule has 0 aromatic heterocycles. The first-order valence-electron chi connectivity index (χ1n) is 5.49. The van der Waals surface area contributed by atoms with Crippen LogP contribution in [0, 0.1) is 5.92 Å². The largest absolute Gasteiger partial charge is 0.369 e. The Labute approximate surface area is 88.7 Å². The fourth-order valence-electron chi connectivity index (χ4n) is 1.22. The minimum Gasteiger partial charge on any atom is -0.369 e. The predicted molar refractivity (Wildman–Crippen MR) is 58.8 cm³/mol. The van der Waals surface area contributed by atoms with Gasteiger partial charge in [0.25, 0.3) is 0 Å². The number of hydrogen-bond donors (Lipinski definition) is 0. The van der Waals surface area contributed by atoms with Crippen LogP contribution in [0.3, 0.4) is 0 Å². The van der Waals surface area contributed by atoms with E-state index in [1.807, 2.05) is 20.8 Å². The van der Waals surface area contributed by atoms with Gasteiger partial charge in [0.1, 0.15) is 5.60 Å². The summed E-state index contributed by atoms with van der Waals surface area (Å²) < 4.78 is 5.90. The van der Waals surface area contributed by atoms with Gasteiger partial charge < -0.3 is 4.74 Å². The van der Waals surface area contributed by atoms with E-state index in [0.717, 1.165) is 6.42 Å². The van der Waals surface area contributed by atoms with Gasteiger partial charge in [-0.2, -0.15) is 0 Å². The van der Waals surface area contributed by atoms with Crippen molar-refractivity contribution in [1.29, 1.82) is 0 Å². The molecule has 0 aliphatic rings. The molecule has 0 aliphatic heterocycles. The lowest BCUT2D eigenvalue weighted by Gasteiger charge is -2.37. The lowest BCUT2D eigenvalue weighted by Crippen LogP contribution is -2.44. The van der Waals surface area contributed by atoms with Gasteiger partial charge in [-0.25, -0.2) is 5.11 Å². The Morgan fingerprint density at radius 2 is 1.57 bits per heavy atom. The maximum Gasteiger partial charge on any atom is 0.124 e. The molecule has 1 radical (unpaired) electrons. The molecule has 0 aromatic rings. The summed E-state index contributed by atoms with van der Waals surface area (Å²) in [6.07, 6.45) is 0.562. The fraction of sp³-hybridized carbons (Fsp3) is 1.00. The molecule has 0 bridgehead atoms. The third kappa shape index (κ3) is 3.97. The monoisotopic (exact) mass is 201 g/mol. The average Bonchev–Trinajstić information content (AvgIpc) is 1.97. The first-order chi connectivity index (χ1) is 6.11. The third-order valence-corrected chi connectivity index (χ3v) is 2.98. The van der Waals surface area contributed by atoms with Gasteiger partial charge in [0.2, 0.25) is 0 Å². The van der Waals surface area contributed by atoms with Crippen LogP contribution in [0.4, 0.5) is 0 Å². The van der Waals surface area contributed by atoms with Crippen molar-refractivity contribution in [2.75, 3.05) is 0 Å². The van der Waals surface area contributed by atoms with E-state index in [2.05, 4.69) is 13.8 Å². The second-order valence-corrected chi connectivity index (χ2v) is 5.38. The highest BCUT2D eigenvalue weighted by Crippen LogP contribution is 2.27. The lowest BCUT2D eigenvalue weighted by molar-refractivity contribution is -0.185. The average molecular weight is 201 g/mol. The van der Waals surface area contributed by atoms with Crippen LogP contribution in [0.1, 0.15) is 54.9 Å². The van der Waals surface area contributed by atoms with Crippen LogP contribution >= 0.6 is 0 Å². The van der Waals surface area contributed by atoms with Crippen molar-refractivity contribution < 1.29 is 9.84 Å². The van der Waals surface area contributed by atoms with Crippen molar-refractivity contribution in [3.05, 3.63) is 0 Å². The van der Waals surface area contributed by atoms with Gasteiger partial charge in [-0.15, -0.1) is 0 Å². The number of ether oxygens (including phenoxy) is 1. The molecule has 14 heavy (non-hydrogen) atoms. The van der Waals surface area contributed by atoms with E-state index in [1.54, 1.807) is 13.8 Å². The van der Waals surface area contributed by atoms with E-state index in [9.17, 15) is 5.11 Å². The number of hydrogen-bond acceptors (Lipinski definition) is 1. The second kappa shape index (κ2) is 4.63. The van der Waals surface area contributed by atoms with Crippen molar-refractivity contribution in [2.24, 2.45) is 5.92 Å². The van der Waals surface area contributed by atoms with E-state index in [-0.39, 0.29) is 11.7 Å². The van der Waals surface area contributed by atoms with Gasteiger partial charge in [-0.05, 0) is 40.0 Å². The van der Waals surface area contributed by atoms with Crippen LogP contribution in [0.5, 0.6) is 0 Å². The molecule has 0 aromatic carbocycles. The van der Waals surface area contributed by atoms with E-state index < -0.39 is 5.60 Å². The summed E-state index contributed by atoms with van der Waals surface area (Å²) in [6, 6.07) is 0. The first kappa shape index (κ1) is 13.9. The minimum atomic E-state index is -1.01. The van der Waals surface area contributed by atoms with Crippen LogP contribution in [0.25, 0.3) is 0 Å². The Bertz CT molecular complexity index is 166. The highest BCUT2D eigenvalue weighted by atomic mass is 16.5. The van der Waals surface area contributed by atoms with Crippen molar-refractivity contribution in [1.82, 2.24) is 0 Å². The Hall–Kier alpha value is -0.0800. The molecule has 0 amide bonds. The first-order valence-corrected chi connectivity index (χ1v) is 5.49. The van der Waals surface area contributed by atoms with E-state index in [0.29, 0.717) is 5.92 Å². The van der Waals surface area contributed by atoms with Gasteiger partial charge >= 0.3 is 0 Å². The van der Waals surface area contributed by atoms with E-state index >= 15 is 0 Å². The Morgan fingerprint density at radius 1 is 1.14 bits per heavy atom. The molecule has 0 N–H and O–H groups in total. The molecule has 2 nitrogen and oxygen atoms in total. The van der Waals surface area contributed by atoms with E-state index in [4.69, 9.17) is 4.74 Å². The van der Waals surface area contributed by atoms with Crippen molar-refractivity contribution in [2.45, 2.75) is 72.2 Å². The molecule has 0 fully saturated rings. The Balaban J connectivity index is 4.47. The summed E-state index contributed by atoms with van der Waals surface area (Å²) in [5, 5.41) is 11.8. The van der Waals surface area contributed by atoms with Crippen molar-refractivity contribution in [3.63, 3.8) is 0 Å². The van der Waals surface area contributed by atoms with Crippen LogP contribution in [-0.4, -0.2) is 17.3 Å². The Kier molecular flexibility index (Phi) is 4.60. The fourth-order valence-corrected chi connectivity index (χ4v) is 1.22. The predicted octanol–water partition coefficient (Wildman–Crippen LogP) is 3.43. The zero-order chi connectivity index (χ0) is 11.6. The molecule has 85 valence electrons. The molecule has 0 rings (SSSR count). The molecular weight excluding hydrogens is 176 g/mol. The summed E-state index contributed by atoms with van der Waals surface area (Å²) in [5.74, 6) is 0.416. The molecule has 0 saturated carbocycles. The maximum atomic E-state index is 11.8. The van der Waals surface area contributed by atoms with Gasteiger partial charge in [0, 0.05) is 0 Å². The molecule has 0 aliphatic carbocycles. The Morgan fingerprint density at radius 3 is 1.79 bits per heavy atom. The molecule has 1 atom stereocenters. The van der Waals surface area contributed by atoms with Gasteiger partial charge in [0.15, 0.2) is 0 Å². The van der Waals surface area contributed by atoms with Crippen LogP contribution < -0.4 is 0 Å². The second-order valence-electron chi connectivity index (χ2n) is 5.38. The molecule has 0 heterocycles. The maximum absolute atomic E-state index is 11.8. The molecule has 1 unspecified atom stereocenters. The smallest absolute Gasteiger partial charge is 0.124 e. The zero-order valence-corrected chi connectivity index (χ0v) is 10.7. The third-order valence-electron chi connectivity index (χ3n) is 2.98. The molecule has 0 saturated heterocycles. The normalized spacial score (nSPS) is 16.1. The van der Waals surface area contributed by atoms with Crippen molar-refractivity contribution >= 4 is 0 Å². The highest BCUT2D eigenvalue weighted by molar-refractivity contribution is 4.82. The minimum absolute atomic E-state index is 0.208. The number of rotatable bonds is 5. The quantitative estimate of drug-likeness (QED) is 0.670. The summed E-state index contributed by atoms with van der Waals surface area (Å²) in [5.41, 5.74) is -1.23. The summed E-state index contributed by atoms with van der Waals surface area (Å²) >= 11 is 0. The topological polar surface area (TPSA) is 29.1 Å². The summed E-state index contributed by atoms with van der Waals surface area (Å²) in [6.45, 7) is 13.7. The summed E-state index contributed by atoms with van der Waals surface area (Å²) in [7, 11) is 0. The van der Waals surface area contributed by atoms with Gasteiger partial charge in [-0.3, -0.25) is 0 Å². The lowest BCUT2D eigenvalue weighted by atomic mass is 9.92. The zero-order valence-electron chi connectivity index (χ0n) is 10.7. The van der Waals surface area contributed by atoms with Gasteiger partial charge in [0.05, 0.1) is 11.7 Å².